The Morgan fingerprint density at radius 3 is 1.91 bits per heavy atom. The molecule has 0 saturated carbocycles. The first kappa shape index (κ1) is 21.5. The fourth-order valence-electron chi connectivity index (χ4n) is 3.73. The second-order valence-corrected chi connectivity index (χ2v) is 9.37. The Kier molecular flexibility index (Phi) is 7.66. The Morgan fingerprint density at radius 1 is 1.05 bits per heavy atom. The first-order valence-corrected chi connectivity index (χ1v) is 9.10. The van der Waals surface area contributed by atoms with Gasteiger partial charge >= 0.3 is 0 Å². The quantitative estimate of drug-likeness (QED) is 0.383. The van der Waals surface area contributed by atoms with Crippen LogP contribution < -0.4 is 0 Å². The lowest BCUT2D eigenvalue weighted by molar-refractivity contribution is 0.0490. The Bertz CT molecular complexity index is 381. The van der Waals surface area contributed by atoms with E-state index in [4.69, 9.17) is 0 Å². The van der Waals surface area contributed by atoms with Crippen LogP contribution in [0.3, 0.4) is 0 Å². The molecule has 0 aliphatic carbocycles. The lowest BCUT2D eigenvalue weighted by Crippen LogP contribution is -2.40. The molecule has 0 amide bonds. The van der Waals surface area contributed by atoms with Gasteiger partial charge in [-0.15, -0.1) is 0 Å². The van der Waals surface area contributed by atoms with Gasteiger partial charge in [0.25, 0.3) is 0 Å². The number of allylic oxidation sites excluding steroid dienone is 3. The van der Waals surface area contributed by atoms with Gasteiger partial charge in [-0.1, -0.05) is 79.7 Å². The predicted molar refractivity (Wildman–Crippen MR) is 103 cm³/mol. The minimum atomic E-state index is 0.233. The topological polar surface area (TPSA) is 0 Å². The summed E-state index contributed by atoms with van der Waals surface area (Å²) in [4.78, 5) is 0. The smallest absolute Gasteiger partial charge is 0.00698 e. The van der Waals surface area contributed by atoms with Crippen molar-refractivity contribution in [2.75, 3.05) is 0 Å². The summed E-state index contributed by atoms with van der Waals surface area (Å²) in [7, 11) is 0. The summed E-state index contributed by atoms with van der Waals surface area (Å²) in [6.07, 6.45) is 8.45. The molecule has 0 aliphatic heterocycles. The Hall–Kier alpha value is -0.520. The highest BCUT2D eigenvalue weighted by molar-refractivity contribution is 5.08. The van der Waals surface area contributed by atoms with E-state index in [1.165, 1.54) is 24.8 Å². The fraction of sp³-hybridized carbons (Fsp3) is 0.818. The molecule has 0 radical (unpaired) electrons. The number of hydrogen-bond acceptors (Lipinski definition) is 0. The molecule has 0 bridgehead atoms. The van der Waals surface area contributed by atoms with Gasteiger partial charge in [-0.2, -0.15) is 0 Å². The molecule has 2 unspecified atom stereocenters. The molecular formula is C22H42. The van der Waals surface area contributed by atoms with Gasteiger partial charge in [-0.3, -0.25) is 0 Å². The number of hydrogen-bond donors (Lipinski definition) is 0. The second kappa shape index (κ2) is 7.84. The third-order valence-corrected chi connectivity index (χ3v) is 6.27. The summed E-state index contributed by atoms with van der Waals surface area (Å²) in [5.41, 5.74) is 2.08. The summed E-state index contributed by atoms with van der Waals surface area (Å²) in [6.45, 7) is 27.6. The summed E-state index contributed by atoms with van der Waals surface area (Å²) in [5, 5.41) is 0. The standard InChI is InChI=1S/C22H42/c1-12-14-22(11,21(9,10)16-17(2)3)19(6)13-15-20(7,8)18(4)5/h12,14,17,19H,4,13,15-16H2,1-3,5-11H3. The molecule has 22 heavy (non-hydrogen) atoms. The molecule has 0 aromatic rings. The molecule has 0 saturated heterocycles. The van der Waals surface area contributed by atoms with Crippen molar-refractivity contribution >= 4 is 0 Å². The van der Waals surface area contributed by atoms with Crippen LogP contribution in [0.2, 0.25) is 0 Å². The lowest BCUT2D eigenvalue weighted by atomic mass is 9.56. The summed E-state index contributed by atoms with van der Waals surface area (Å²) < 4.78 is 0. The average Bonchev–Trinajstić information content (AvgIpc) is 2.34. The third-order valence-electron chi connectivity index (χ3n) is 6.27. The first-order valence-electron chi connectivity index (χ1n) is 9.10. The molecule has 0 aromatic carbocycles. The highest BCUT2D eigenvalue weighted by Crippen LogP contribution is 2.51. The van der Waals surface area contributed by atoms with Crippen LogP contribution in [-0.4, -0.2) is 0 Å². The van der Waals surface area contributed by atoms with Crippen molar-refractivity contribution in [1.29, 1.82) is 0 Å². The van der Waals surface area contributed by atoms with Crippen LogP contribution >= 0.6 is 0 Å². The van der Waals surface area contributed by atoms with Gasteiger partial charge in [-0.25, -0.2) is 0 Å². The van der Waals surface area contributed by atoms with E-state index in [1.807, 2.05) is 0 Å². The van der Waals surface area contributed by atoms with Crippen LogP contribution in [0.4, 0.5) is 0 Å². The maximum absolute atomic E-state index is 4.18. The largest absolute Gasteiger partial charge is 0.0996 e. The molecule has 0 spiro atoms. The van der Waals surface area contributed by atoms with Crippen molar-refractivity contribution in [2.24, 2.45) is 28.1 Å². The molecule has 0 rings (SSSR count). The zero-order valence-electron chi connectivity index (χ0n) is 17.1. The summed E-state index contributed by atoms with van der Waals surface area (Å²) in [6, 6.07) is 0. The van der Waals surface area contributed by atoms with E-state index in [1.54, 1.807) is 0 Å². The maximum atomic E-state index is 4.18. The molecule has 130 valence electrons. The first-order chi connectivity index (χ1) is 9.80. The number of rotatable bonds is 9. The summed E-state index contributed by atoms with van der Waals surface area (Å²) >= 11 is 0. The van der Waals surface area contributed by atoms with Gasteiger partial charge in [0, 0.05) is 0 Å². The van der Waals surface area contributed by atoms with E-state index in [0.29, 0.717) is 11.3 Å². The highest BCUT2D eigenvalue weighted by Gasteiger charge is 2.43. The van der Waals surface area contributed by atoms with Crippen molar-refractivity contribution in [1.82, 2.24) is 0 Å². The molecule has 2 atom stereocenters. The second-order valence-electron chi connectivity index (χ2n) is 9.37. The highest BCUT2D eigenvalue weighted by atomic mass is 14.5. The van der Waals surface area contributed by atoms with Gasteiger partial charge in [0.2, 0.25) is 0 Å². The monoisotopic (exact) mass is 306 g/mol. The van der Waals surface area contributed by atoms with Crippen molar-refractivity contribution < 1.29 is 0 Å². The molecule has 0 heterocycles. The van der Waals surface area contributed by atoms with Gasteiger partial charge in [0.1, 0.15) is 0 Å². The van der Waals surface area contributed by atoms with Gasteiger partial charge < -0.3 is 0 Å². The van der Waals surface area contributed by atoms with Gasteiger partial charge in [0.05, 0.1) is 0 Å². The van der Waals surface area contributed by atoms with E-state index in [0.717, 1.165) is 5.92 Å². The Morgan fingerprint density at radius 2 is 1.55 bits per heavy atom. The zero-order valence-corrected chi connectivity index (χ0v) is 17.1. The van der Waals surface area contributed by atoms with E-state index in [2.05, 4.69) is 88.0 Å². The van der Waals surface area contributed by atoms with Crippen molar-refractivity contribution in [3.63, 3.8) is 0 Å². The van der Waals surface area contributed by atoms with Crippen LogP contribution in [-0.2, 0) is 0 Å². The zero-order chi connectivity index (χ0) is 17.8. The average molecular weight is 307 g/mol. The SMILES string of the molecule is C=C(C)C(C)(C)CCC(C)C(C)(C=CC)C(C)(C)CC(C)C. The van der Waals surface area contributed by atoms with Gasteiger partial charge in [0.15, 0.2) is 0 Å². The molecule has 0 aromatic heterocycles. The lowest BCUT2D eigenvalue weighted by Gasteiger charge is -2.48. The van der Waals surface area contributed by atoms with E-state index >= 15 is 0 Å². The maximum Gasteiger partial charge on any atom is -0.00698 e. The molecule has 0 heteroatoms. The molecule has 0 fully saturated rings. The van der Waals surface area contributed by atoms with Crippen molar-refractivity contribution in [3.05, 3.63) is 24.3 Å². The van der Waals surface area contributed by atoms with Crippen molar-refractivity contribution in [3.8, 4) is 0 Å². The van der Waals surface area contributed by atoms with E-state index in [9.17, 15) is 0 Å². The fourth-order valence-corrected chi connectivity index (χ4v) is 3.73. The molecule has 0 aliphatic rings. The minimum Gasteiger partial charge on any atom is -0.0996 e. The summed E-state index contributed by atoms with van der Waals surface area (Å²) in [5.74, 6) is 1.40. The van der Waals surface area contributed by atoms with E-state index in [-0.39, 0.29) is 10.8 Å². The van der Waals surface area contributed by atoms with Crippen LogP contribution in [0, 0.1) is 28.1 Å². The molecular weight excluding hydrogens is 264 g/mol. The Labute approximate surface area is 141 Å². The molecule has 0 nitrogen and oxygen atoms in total. The van der Waals surface area contributed by atoms with Crippen LogP contribution in [0.15, 0.2) is 24.3 Å². The third kappa shape index (κ3) is 5.28. The van der Waals surface area contributed by atoms with Crippen molar-refractivity contribution in [2.45, 2.75) is 88.5 Å². The predicted octanol–water partition coefficient (Wildman–Crippen LogP) is 7.66. The van der Waals surface area contributed by atoms with Gasteiger partial charge in [-0.05, 0) is 61.2 Å². The van der Waals surface area contributed by atoms with Crippen LogP contribution in [0.5, 0.6) is 0 Å². The Balaban J connectivity index is 5.27. The normalized spacial score (nSPS) is 17.8. The van der Waals surface area contributed by atoms with Crippen LogP contribution in [0.25, 0.3) is 0 Å². The molecule has 0 N–H and O–H groups in total. The van der Waals surface area contributed by atoms with Crippen LogP contribution in [0.1, 0.15) is 88.5 Å². The minimum absolute atomic E-state index is 0.233. The van der Waals surface area contributed by atoms with E-state index < -0.39 is 0 Å².